The van der Waals surface area contributed by atoms with Gasteiger partial charge in [-0.05, 0) is 24.3 Å². The van der Waals surface area contributed by atoms with Gasteiger partial charge in [0.15, 0.2) is 4.34 Å². The molecule has 1 aromatic heterocycles. The molecule has 0 aliphatic heterocycles. The number of nitrogens with one attached hydrogen (secondary N) is 3. The fourth-order valence-electron chi connectivity index (χ4n) is 1.48. The molecule has 1 aromatic carbocycles. The lowest BCUT2D eigenvalue weighted by molar-refractivity contribution is -0.118. The molecule has 0 bridgehead atoms. The number of amides is 3. The van der Waals surface area contributed by atoms with Crippen LogP contribution in [0.25, 0.3) is 0 Å². The number of rotatable bonds is 7. The summed E-state index contributed by atoms with van der Waals surface area (Å²) in [6.07, 6.45) is 1.61. The summed E-state index contributed by atoms with van der Waals surface area (Å²) in [5.41, 5.74) is 0.606. The van der Waals surface area contributed by atoms with Gasteiger partial charge in [-0.3, -0.25) is 10.1 Å². The quantitative estimate of drug-likeness (QED) is 0.387. The largest absolute Gasteiger partial charge is 0.352 e. The second kappa shape index (κ2) is 9.26. The van der Waals surface area contributed by atoms with E-state index in [0.29, 0.717) is 26.7 Å². The minimum Gasteiger partial charge on any atom is -0.352 e. The molecule has 0 radical (unpaired) electrons. The minimum absolute atomic E-state index is 0.120. The Morgan fingerprint density at radius 3 is 2.71 bits per heavy atom. The first kappa shape index (κ1) is 18.2. The van der Waals surface area contributed by atoms with Crippen LogP contribution in [0.1, 0.15) is 0 Å². The zero-order chi connectivity index (χ0) is 17.4. The van der Waals surface area contributed by atoms with Crippen molar-refractivity contribution in [2.24, 2.45) is 0 Å². The average molecular weight is 384 g/mol. The fourth-order valence-corrected chi connectivity index (χ4v) is 3.18. The number of hydrogen-bond donors (Lipinski definition) is 3. The van der Waals surface area contributed by atoms with Gasteiger partial charge in [0.25, 0.3) is 0 Å². The summed E-state index contributed by atoms with van der Waals surface area (Å²) < 4.78 is 0.588. The van der Waals surface area contributed by atoms with Crippen LogP contribution in [0.15, 0.2) is 41.3 Å². The highest BCUT2D eigenvalue weighted by Gasteiger charge is 2.10. The topological polar surface area (TPSA) is 96.0 Å². The number of nitrogens with zero attached hydrogens (tertiary/aromatic N) is 2. The van der Waals surface area contributed by atoms with Gasteiger partial charge >= 0.3 is 6.03 Å². The summed E-state index contributed by atoms with van der Waals surface area (Å²) >= 11 is 8.21. The number of thioether (sulfide) groups is 1. The Morgan fingerprint density at radius 1 is 1.25 bits per heavy atom. The molecule has 10 heteroatoms. The van der Waals surface area contributed by atoms with E-state index in [2.05, 4.69) is 32.7 Å². The molecule has 0 aliphatic rings. The predicted molar refractivity (Wildman–Crippen MR) is 97.9 cm³/mol. The third-order valence-electron chi connectivity index (χ3n) is 2.50. The van der Waals surface area contributed by atoms with Crippen molar-refractivity contribution in [2.75, 3.05) is 22.9 Å². The van der Waals surface area contributed by atoms with Crippen molar-refractivity contribution in [2.45, 2.75) is 4.34 Å². The molecule has 0 saturated carbocycles. The first-order valence-electron chi connectivity index (χ1n) is 6.74. The summed E-state index contributed by atoms with van der Waals surface area (Å²) in [5, 5.41) is 16.6. The molecule has 2 aromatic rings. The highest BCUT2D eigenvalue weighted by Crippen LogP contribution is 2.25. The lowest BCUT2D eigenvalue weighted by atomic mass is 10.3. The van der Waals surface area contributed by atoms with E-state index in [0.717, 1.165) is 0 Å². The summed E-state index contributed by atoms with van der Waals surface area (Å²) in [6, 6.07) is 6.28. The molecular formula is C14H14ClN5O2S2. The summed E-state index contributed by atoms with van der Waals surface area (Å²) in [7, 11) is 0. The molecule has 1 heterocycles. The third kappa shape index (κ3) is 6.19. The molecule has 24 heavy (non-hydrogen) atoms. The Bertz CT molecular complexity index is 720. The number of halogens is 1. The number of aromatic nitrogens is 2. The molecule has 0 aliphatic carbocycles. The maximum Gasteiger partial charge on any atom is 0.325 e. The van der Waals surface area contributed by atoms with Crippen LogP contribution >= 0.6 is 34.7 Å². The standard InChI is InChI=1S/C14H14ClN5O2S2/c1-2-7-16-11(21)8-23-14-20-19-13(24-14)18-12(22)17-10-5-3-9(15)4-6-10/h2-6H,1,7-8H2,(H,16,21)(H2,17,18,19,22). The van der Waals surface area contributed by atoms with E-state index in [-0.39, 0.29) is 11.7 Å². The summed E-state index contributed by atoms with van der Waals surface area (Å²) in [5.74, 6) is 0.101. The van der Waals surface area contributed by atoms with Gasteiger partial charge < -0.3 is 10.6 Å². The lowest BCUT2D eigenvalue weighted by Crippen LogP contribution is -2.24. The monoisotopic (exact) mass is 383 g/mol. The van der Waals surface area contributed by atoms with Crippen LogP contribution in [0.3, 0.4) is 0 Å². The van der Waals surface area contributed by atoms with E-state index in [1.54, 1.807) is 30.3 Å². The third-order valence-corrected chi connectivity index (χ3v) is 4.72. The van der Waals surface area contributed by atoms with Gasteiger partial charge in [0.1, 0.15) is 0 Å². The minimum atomic E-state index is -0.436. The van der Waals surface area contributed by atoms with Crippen LogP contribution in [0.2, 0.25) is 5.02 Å². The second-order valence-corrected chi connectivity index (χ2v) is 6.98. The molecule has 3 N–H and O–H groups in total. The lowest BCUT2D eigenvalue weighted by Gasteiger charge is -2.04. The Kier molecular flexibility index (Phi) is 7.04. The summed E-state index contributed by atoms with van der Waals surface area (Å²) in [6.45, 7) is 3.95. The normalized spacial score (nSPS) is 10.0. The SMILES string of the molecule is C=CCNC(=O)CSc1nnc(NC(=O)Nc2ccc(Cl)cc2)s1. The van der Waals surface area contributed by atoms with E-state index in [1.165, 1.54) is 23.1 Å². The van der Waals surface area contributed by atoms with Crippen molar-refractivity contribution in [1.82, 2.24) is 15.5 Å². The fraction of sp³-hybridized carbons (Fsp3) is 0.143. The molecule has 0 saturated heterocycles. The molecule has 126 valence electrons. The van der Waals surface area contributed by atoms with Gasteiger partial charge in [-0.2, -0.15) is 0 Å². The number of urea groups is 1. The van der Waals surface area contributed by atoms with E-state index in [9.17, 15) is 9.59 Å². The van der Waals surface area contributed by atoms with Crippen LogP contribution in [-0.4, -0.2) is 34.4 Å². The van der Waals surface area contributed by atoms with Crippen molar-refractivity contribution in [3.05, 3.63) is 41.9 Å². The van der Waals surface area contributed by atoms with Crippen molar-refractivity contribution in [3.63, 3.8) is 0 Å². The van der Waals surface area contributed by atoms with Crippen LogP contribution < -0.4 is 16.0 Å². The molecule has 3 amide bonds. The zero-order valence-corrected chi connectivity index (χ0v) is 14.8. The highest BCUT2D eigenvalue weighted by atomic mass is 35.5. The van der Waals surface area contributed by atoms with Crippen molar-refractivity contribution < 1.29 is 9.59 Å². The second-order valence-electron chi connectivity index (χ2n) is 4.34. The summed E-state index contributed by atoms with van der Waals surface area (Å²) in [4.78, 5) is 23.3. The van der Waals surface area contributed by atoms with Crippen LogP contribution in [0, 0.1) is 0 Å². The first-order chi connectivity index (χ1) is 11.6. The van der Waals surface area contributed by atoms with Crippen molar-refractivity contribution >= 4 is 57.5 Å². The molecular weight excluding hydrogens is 370 g/mol. The van der Waals surface area contributed by atoms with Crippen molar-refractivity contribution in [1.29, 1.82) is 0 Å². The Hall–Kier alpha value is -2.10. The molecule has 2 rings (SSSR count). The Labute approximate surface area is 151 Å². The highest BCUT2D eigenvalue weighted by molar-refractivity contribution is 8.01. The van der Waals surface area contributed by atoms with Crippen molar-refractivity contribution in [3.8, 4) is 0 Å². The Morgan fingerprint density at radius 2 is 2.00 bits per heavy atom. The maximum atomic E-state index is 11.9. The number of benzene rings is 1. The first-order valence-corrected chi connectivity index (χ1v) is 8.92. The van der Waals surface area contributed by atoms with E-state index >= 15 is 0 Å². The van der Waals surface area contributed by atoms with E-state index < -0.39 is 6.03 Å². The number of anilines is 2. The molecule has 0 spiro atoms. The molecule has 7 nitrogen and oxygen atoms in total. The van der Waals surface area contributed by atoms with Gasteiger partial charge in [-0.25, -0.2) is 4.79 Å². The molecule has 0 atom stereocenters. The maximum absolute atomic E-state index is 11.9. The van der Waals surface area contributed by atoms with Gasteiger partial charge in [0.2, 0.25) is 11.0 Å². The number of hydrogen-bond acceptors (Lipinski definition) is 6. The van der Waals surface area contributed by atoms with Crippen LogP contribution in [0.5, 0.6) is 0 Å². The molecule has 0 unspecified atom stereocenters. The van der Waals surface area contributed by atoms with Gasteiger partial charge in [0.05, 0.1) is 5.75 Å². The van der Waals surface area contributed by atoms with Gasteiger partial charge in [-0.15, -0.1) is 16.8 Å². The average Bonchev–Trinajstić information content (AvgIpc) is 3.00. The predicted octanol–water partition coefficient (Wildman–Crippen LogP) is 3.23. The van der Waals surface area contributed by atoms with Crippen LogP contribution in [-0.2, 0) is 4.79 Å². The smallest absolute Gasteiger partial charge is 0.325 e. The van der Waals surface area contributed by atoms with E-state index in [1.807, 2.05) is 0 Å². The number of carbonyl (C=O) groups is 2. The van der Waals surface area contributed by atoms with Gasteiger partial charge in [-0.1, -0.05) is 40.8 Å². The zero-order valence-electron chi connectivity index (χ0n) is 12.4. The Balaban J connectivity index is 1.80. The van der Waals surface area contributed by atoms with E-state index in [4.69, 9.17) is 11.6 Å². The van der Waals surface area contributed by atoms with Gasteiger partial charge in [0, 0.05) is 17.3 Å². The molecule has 0 fully saturated rings. The number of carbonyl (C=O) groups excluding carboxylic acids is 2. The van der Waals surface area contributed by atoms with Crippen LogP contribution in [0.4, 0.5) is 15.6 Å².